The molecular formula is C21H30ClN3O2. The molecule has 3 aliphatic rings. The third kappa shape index (κ3) is 3.99. The van der Waals surface area contributed by atoms with Crippen LogP contribution in [0.15, 0.2) is 24.3 Å². The summed E-state index contributed by atoms with van der Waals surface area (Å²) in [6, 6.07) is 8.15. The number of fused-ring (bicyclic) bond motifs is 1. The predicted molar refractivity (Wildman–Crippen MR) is 108 cm³/mol. The van der Waals surface area contributed by atoms with Gasteiger partial charge in [-0.05, 0) is 48.8 Å². The van der Waals surface area contributed by atoms with Gasteiger partial charge in [-0.15, -0.1) is 12.4 Å². The molecule has 0 bridgehead atoms. The van der Waals surface area contributed by atoms with E-state index in [4.69, 9.17) is 0 Å². The highest BCUT2D eigenvalue weighted by atomic mass is 35.5. The Labute approximate surface area is 167 Å². The molecule has 1 aromatic rings. The summed E-state index contributed by atoms with van der Waals surface area (Å²) in [6.07, 6.45) is 4.72. The van der Waals surface area contributed by atoms with Gasteiger partial charge in [-0.2, -0.15) is 0 Å². The molecule has 148 valence electrons. The van der Waals surface area contributed by atoms with E-state index in [9.17, 15) is 9.59 Å². The Morgan fingerprint density at radius 2 is 1.89 bits per heavy atom. The average Bonchev–Trinajstić information content (AvgIpc) is 3.10. The lowest BCUT2D eigenvalue weighted by Gasteiger charge is -2.41. The molecule has 2 fully saturated rings. The van der Waals surface area contributed by atoms with Crippen molar-refractivity contribution in [3.63, 3.8) is 0 Å². The minimum atomic E-state index is -0.117. The van der Waals surface area contributed by atoms with E-state index in [2.05, 4.69) is 17.4 Å². The second kappa shape index (κ2) is 8.19. The summed E-state index contributed by atoms with van der Waals surface area (Å²) in [6.45, 7) is 6.25. The van der Waals surface area contributed by atoms with Crippen molar-refractivity contribution in [1.29, 1.82) is 0 Å². The van der Waals surface area contributed by atoms with Gasteiger partial charge in [-0.1, -0.05) is 24.3 Å². The zero-order valence-electron chi connectivity index (χ0n) is 16.1. The average molecular weight is 392 g/mol. The standard InChI is InChI=1S/C21H29N3O2.ClH/c1-16(25)24-11-6-17-4-2-3-5-18(17)19(24)14-20(26)23-12-8-21(9-13-23)7-10-22-15-21;/h2-5,19,22H,6-15H2,1H3;1H. The van der Waals surface area contributed by atoms with E-state index >= 15 is 0 Å². The van der Waals surface area contributed by atoms with Crippen molar-refractivity contribution in [2.45, 2.75) is 45.1 Å². The maximum atomic E-state index is 13.0. The van der Waals surface area contributed by atoms with E-state index in [0.717, 1.165) is 51.0 Å². The Morgan fingerprint density at radius 1 is 1.15 bits per heavy atom. The highest BCUT2D eigenvalue weighted by Gasteiger charge is 2.39. The first-order valence-electron chi connectivity index (χ1n) is 9.92. The Hall–Kier alpha value is -1.59. The summed E-state index contributed by atoms with van der Waals surface area (Å²) in [5, 5.41) is 3.47. The molecule has 0 saturated carbocycles. The summed E-state index contributed by atoms with van der Waals surface area (Å²) in [5.74, 6) is 0.255. The number of nitrogens with one attached hydrogen (secondary N) is 1. The molecule has 1 aromatic carbocycles. The Bertz CT molecular complexity index is 692. The third-order valence-electron chi connectivity index (χ3n) is 6.69. The molecular weight excluding hydrogens is 362 g/mol. The quantitative estimate of drug-likeness (QED) is 0.842. The van der Waals surface area contributed by atoms with E-state index in [1.54, 1.807) is 6.92 Å². The number of rotatable bonds is 2. The van der Waals surface area contributed by atoms with Crippen molar-refractivity contribution in [2.24, 2.45) is 5.41 Å². The highest BCUT2D eigenvalue weighted by molar-refractivity contribution is 5.85. The predicted octanol–water partition coefficient (Wildman–Crippen LogP) is 2.55. The second-order valence-corrected chi connectivity index (χ2v) is 8.19. The van der Waals surface area contributed by atoms with Crippen LogP contribution in [0.5, 0.6) is 0 Å². The van der Waals surface area contributed by atoms with Gasteiger partial charge in [-0.25, -0.2) is 0 Å². The second-order valence-electron chi connectivity index (χ2n) is 8.19. The fraction of sp³-hybridized carbons (Fsp3) is 0.619. The number of hydrogen-bond donors (Lipinski definition) is 1. The van der Waals surface area contributed by atoms with Crippen LogP contribution in [-0.2, 0) is 16.0 Å². The molecule has 3 aliphatic heterocycles. The van der Waals surface area contributed by atoms with Crippen molar-refractivity contribution < 1.29 is 9.59 Å². The van der Waals surface area contributed by atoms with Crippen LogP contribution in [0.2, 0.25) is 0 Å². The van der Waals surface area contributed by atoms with E-state index in [1.807, 2.05) is 21.9 Å². The lowest BCUT2D eigenvalue weighted by molar-refractivity contribution is -0.138. The van der Waals surface area contributed by atoms with Crippen LogP contribution in [0, 0.1) is 5.41 Å². The maximum Gasteiger partial charge on any atom is 0.224 e. The van der Waals surface area contributed by atoms with Gasteiger partial charge >= 0.3 is 0 Å². The molecule has 0 radical (unpaired) electrons. The molecule has 1 spiro atoms. The van der Waals surface area contributed by atoms with Gasteiger partial charge in [0.2, 0.25) is 11.8 Å². The molecule has 27 heavy (non-hydrogen) atoms. The molecule has 4 rings (SSSR count). The van der Waals surface area contributed by atoms with E-state index < -0.39 is 0 Å². The molecule has 0 aromatic heterocycles. The smallest absolute Gasteiger partial charge is 0.224 e. The molecule has 2 amide bonds. The number of amides is 2. The number of carbonyl (C=O) groups is 2. The summed E-state index contributed by atoms with van der Waals surface area (Å²) in [7, 11) is 0. The number of piperidine rings is 1. The summed E-state index contributed by atoms with van der Waals surface area (Å²) in [5.41, 5.74) is 2.84. The van der Waals surface area contributed by atoms with E-state index in [1.165, 1.54) is 12.0 Å². The van der Waals surface area contributed by atoms with Crippen molar-refractivity contribution >= 4 is 24.2 Å². The SMILES string of the molecule is CC(=O)N1CCc2ccccc2C1CC(=O)N1CCC2(CCNC2)CC1.Cl. The van der Waals surface area contributed by atoms with Crippen molar-refractivity contribution in [3.05, 3.63) is 35.4 Å². The number of halogens is 1. The minimum absolute atomic E-state index is 0. The van der Waals surface area contributed by atoms with Crippen molar-refractivity contribution in [3.8, 4) is 0 Å². The number of likely N-dealkylation sites (tertiary alicyclic amines) is 1. The number of benzene rings is 1. The minimum Gasteiger partial charge on any atom is -0.343 e. The normalized spacial score (nSPS) is 23.7. The lowest BCUT2D eigenvalue weighted by Crippen LogP contribution is -2.46. The van der Waals surface area contributed by atoms with Gasteiger partial charge in [0.15, 0.2) is 0 Å². The van der Waals surface area contributed by atoms with Gasteiger partial charge < -0.3 is 15.1 Å². The van der Waals surface area contributed by atoms with Crippen LogP contribution >= 0.6 is 12.4 Å². The highest BCUT2D eigenvalue weighted by Crippen LogP contribution is 2.38. The molecule has 3 heterocycles. The first kappa shape index (κ1) is 20.2. The molecule has 1 atom stereocenters. The molecule has 1 N–H and O–H groups in total. The maximum absolute atomic E-state index is 13.0. The monoisotopic (exact) mass is 391 g/mol. The lowest BCUT2D eigenvalue weighted by atomic mass is 9.77. The molecule has 6 heteroatoms. The van der Waals surface area contributed by atoms with Crippen LogP contribution < -0.4 is 5.32 Å². The summed E-state index contributed by atoms with van der Waals surface area (Å²) < 4.78 is 0. The molecule has 2 saturated heterocycles. The molecule has 5 nitrogen and oxygen atoms in total. The van der Waals surface area contributed by atoms with Crippen LogP contribution in [0.1, 0.15) is 49.8 Å². The van der Waals surface area contributed by atoms with E-state index in [-0.39, 0.29) is 30.3 Å². The van der Waals surface area contributed by atoms with Crippen LogP contribution in [0.25, 0.3) is 0 Å². The molecule has 0 aliphatic carbocycles. The summed E-state index contributed by atoms with van der Waals surface area (Å²) in [4.78, 5) is 29.1. The zero-order valence-corrected chi connectivity index (χ0v) is 16.9. The Kier molecular flexibility index (Phi) is 6.11. The first-order chi connectivity index (χ1) is 12.6. The molecule has 1 unspecified atom stereocenters. The summed E-state index contributed by atoms with van der Waals surface area (Å²) >= 11 is 0. The van der Waals surface area contributed by atoms with Crippen molar-refractivity contribution in [1.82, 2.24) is 15.1 Å². The number of nitrogens with zero attached hydrogens (tertiary/aromatic N) is 2. The van der Waals surface area contributed by atoms with Crippen LogP contribution in [0.4, 0.5) is 0 Å². The van der Waals surface area contributed by atoms with Gasteiger partial charge in [0, 0.05) is 33.1 Å². The third-order valence-corrected chi connectivity index (χ3v) is 6.69. The Morgan fingerprint density at radius 3 is 2.56 bits per heavy atom. The first-order valence-corrected chi connectivity index (χ1v) is 9.92. The van der Waals surface area contributed by atoms with Crippen molar-refractivity contribution in [2.75, 3.05) is 32.7 Å². The van der Waals surface area contributed by atoms with Gasteiger partial charge in [0.1, 0.15) is 0 Å². The topological polar surface area (TPSA) is 52.7 Å². The van der Waals surface area contributed by atoms with Crippen LogP contribution in [-0.4, -0.2) is 54.3 Å². The van der Waals surface area contributed by atoms with Gasteiger partial charge in [0.25, 0.3) is 0 Å². The van der Waals surface area contributed by atoms with Crippen LogP contribution in [0.3, 0.4) is 0 Å². The Balaban J connectivity index is 0.00000210. The number of hydrogen-bond acceptors (Lipinski definition) is 3. The van der Waals surface area contributed by atoms with E-state index in [0.29, 0.717) is 18.4 Å². The fourth-order valence-corrected chi connectivity index (χ4v) is 5.00. The zero-order chi connectivity index (χ0) is 18.1. The van der Waals surface area contributed by atoms with Gasteiger partial charge in [0.05, 0.1) is 12.5 Å². The largest absolute Gasteiger partial charge is 0.343 e. The number of carbonyl (C=O) groups excluding carboxylic acids is 2. The fourth-order valence-electron chi connectivity index (χ4n) is 5.00. The van der Waals surface area contributed by atoms with Gasteiger partial charge in [-0.3, -0.25) is 9.59 Å².